The zero-order valence-corrected chi connectivity index (χ0v) is 16.2. The minimum absolute atomic E-state index is 0.227. The summed E-state index contributed by atoms with van der Waals surface area (Å²) < 4.78 is 0. The minimum atomic E-state index is -0.344. The van der Waals surface area contributed by atoms with Gasteiger partial charge in [-0.3, -0.25) is 9.59 Å². The predicted octanol–water partition coefficient (Wildman–Crippen LogP) is 1.75. The number of amides is 2. The molecular formula is C20H18N8O2. The van der Waals surface area contributed by atoms with Crippen molar-refractivity contribution in [1.82, 2.24) is 40.4 Å². The van der Waals surface area contributed by atoms with Gasteiger partial charge in [0.05, 0.1) is 11.4 Å². The van der Waals surface area contributed by atoms with Crippen molar-refractivity contribution in [3.05, 3.63) is 65.5 Å². The van der Waals surface area contributed by atoms with E-state index < -0.39 is 0 Å². The Hall–Kier alpha value is -4.08. The molecule has 2 aromatic carbocycles. The molecule has 10 heteroatoms. The van der Waals surface area contributed by atoms with Crippen LogP contribution in [0.4, 0.5) is 0 Å². The molecular weight excluding hydrogens is 384 g/mol. The maximum absolute atomic E-state index is 13.2. The normalized spacial score (nSPS) is 13.9. The minimum Gasteiger partial charge on any atom is -0.267 e. The third-order valence-corrected chi connectivity index (χ3v) is 5.04. The molecule has 0 spiro atoms. The first-order valence-electron chi connectivity index (χ1n) is 9.55. The maximum atomic E-state index is 13.2. The molecule has 0 aliphatic carbocycles. The van der Waals surface area contributed by atoms with E-state index in [1.54, 1.807) is 25.1 Å². The van der Waals surface area contributed by atoms with Gasteiger partial charge < -0.3 is 0 Å². The van der Waals surface area contributed by atoms with Crippen LogP contribution in [0.3, 0.4) is 0 Å². The molecule has 0 unspecified atom stereocenters. The fraction of sp³-hybridized carbons (Fsp3) is 0.200. The van der Waals surface area contributed by atoms with Gasteiger partial charge in [0.25, 0.3) is 11.8 Å². The van der Waals surface area contributed by atoms with Crippen LogP contribution >= 0.6 is 0 Å². The van der Waals surface area contributed by atoms with Gasteiger partial charge in [-0.25, -0.2) is 10.0 Å². The van der Waals surface area contributed by atoms with Gasteiger partial charge in [-0.05, 0) is 43.7 Å². The van der Waals surface area contributed by atoms with E-state index in [0.29, 0.717) is 41.8 Å². The fourth-order valence-electron chi connectivity index (χ4n) is 3.53. The highest BCUT2D eigenvalue weighted by molar-refractivity contribution is 6.00. The van der Waals surface area contributed by atoms with E-state index in [0.717, 1.165) is 5.69 Å². The quantitative estimate of drug-likeness (QED) is 0.559. The van der Waals surface area contributed by atoms with Gasteiger partial charge in [-0.2, -0.15) is 25.3 Å². The second kappa shape index (κ2) is 7.07. The molecule has 1 N–H and O–H groups in total. The van der Waals surface area contributed by atoms with E-state index in [1.165, 1.54) is 14.8 Å². The molecule has 0 saturated carbocycles. The summed E-state index contributed by atoms with van der Waals surface area (Å²) in [6.45, 7) is 2.63. The van der Waals surface area contributed by atoms with E-state index in [2.05, 4.69) is 25.6 Å². The topological polar surface area (TPSA) is 113 Å². The molecule has 0 radical (unpaired) electrons. The molecule has 1 aliphatic rings. The summed E-state index contributed by atoms with van der Waals surface area (Å²) in [7, 11) is 0. The molecule has 2 amide bonds. The van der Waals surface area contributed by atoms with Crippen LogP contribution in [0.5, 0.6) is 0 Å². The van der Waals surface area contributed by atoms with Crippen LogP contribution in [0.15, 0.2) is 48.5 Å². The molecule has 3 heterocycles. The summed E-state index contributed by atoms with van der Waals surface area (Å²) in [5.41, 5.74) is 3.21. The highest BCUT2D eigenvalue weighted by atomic mass is 16.2. The van der Waals surface area contributed by atoms with Crippen LogP contribution in [0, 0.1) is 6.92 Å². The first-order valence-corrected chi connectivity index (χ1v) is 9.55. The number of nitrogens with zero attached hydrogens (tertiary/aromatic N) is 7. The number of hydrogen-bond donors (Lipinski definition) is 1. The first-order chi connectivity index (χ1) is 14.6. The molecule has 30 heavy (non-hydrogen) atoms. The van der Waals surface area contributed by atoms with Crippen molar-refractivity contribution >= 4 is 22.8 Å². The Labute approximate surface area is 171 Å². The zero-order valence-electron chi connectivity index (χ0n) is 16.2. The van der Waals surface area contributed by atoms with Crippen LogP contribution in [0.2, 0.25) is 0 Å². The van der Waals surface area contributed by atoms with Crippen molar-refractivity contribution in [1.29, 1.82) is 0 Å². The van der Waals surface area contributed by atoms with Crippen LogP contribution in [-0.4, -0.2) is 65.3 Å². The number of rotatable bonds is 3. The van der Waals surface area contributed by atoms with Crippen molar-refractivity contribution in [3.8, 4) is 5.69 Å². The summed E-state index contributed by atoms with van der Waals surface area (Å²) in [4.78, 5) is 27.8. The number of H-pyrrole nitrogens is 1. The van der Waals surface area contributed by atoms with Gasteiger partial charge in [0.15, 0.2) is 5.69 Å². The van der Waals surface area contributed by atoms with E-state index in [9.17, 15) is 9.59 Å². The highest BCUT2D eigenvalue weighted by Gasteiger charge is 2.34. The third-order valence-electron chi connectivity index (χ3n) is 5.04. The summed E-state index contributed by atoms with van der Waals surface area (Å²) >= 11 is 0. The monoisotopic (exact) mass is 402 g/mol. The number of carbonyl (C=O) groups excluding carboxylic acids is 2. The molecule has 10 nitrogen and oxygen atoms in total. The first kappa shape index (κ1) is 18.0. The molecule has 0 bridgehead atoms. The number of fused-ring (bicyclic) bond motifs is 1. The maximum Gasteiger partial charge on any atom is 0.294 e. The zero-order chi connectivity index (χ0) is 20.7. The van der Waals surface area contributed by atoms with Crippen molar-refractivity contribution in [3.63, 3.8) is 0 Å². The van der Waals surface area contributed by atoms with Crippen LogP contribution < -0.4 is 0 Å². The van der Waals surface area contributed by atoms with Crippen LogP contribution in [0.25, 0.3) is 16.7 Å². The summed E-state index contributed by atoms with van der Waals surface area (Å²) in [6.07, 6.45) is 0.690. The fourth-order valence-corrected chi connectivity index (χ4v) is 3.53. The SMILES string of the molecule is Cc1nn(-c2ccccc2)nc1C(=O)N1CCCN1C(=O)c1ccc2n[nH]nc2c1. The number of aryl methyl sites for hydroxylation is 1. The van der Waals surface area contributed by atoms with Crippen molar-refractivity contribution in [2.24, 2.45) is 0 Å². The Kier molecular flexibility index (Phi) is 4.24. The number of aromatic nitrogens is 6. The second-order valence-corrected chi connectivity index (χ2v) is 7.00. The summed E-state index contributed by atoms with van der Waals surface area (Å²) in [5.74, 6) is -0.609. The molecule has 4 aromatic rings. The van der Waals surface area contributed by atoms with E-state index in [-0.39, 0.29) is 17.5 Å². The van der Waals surface area contributed by atoms with Gasteiger partial charge in [0.1, 0.15) is 11.0 Å². The standard InChI is InChI=1S/C20H18N8O2/c1-13-18(24-28(23-13)15-6-3-2-4-7-15)20(30)27-11-5-10-26(27)19(29)14-8-9-16-17(12-14)22-25-21-16/h2-4,6-9,12H,5,10-11H2,1H3,(H,21,22,25). The molecule has 1 fully saturated rings. The van der Waals surface area contributed by atoms with Gasteiger partial charge >= 0.3 is 0 Å². The molecule has 0 atom stereocenters. The van der Waals surface area contributed by atoms with Gasteiger partial charge in [-0.1, -0.05) is 18.2 Å². The lowest BCUT2D eigenvalue weighted by atomic mass is 10.2. The van der Waals surface area contributed by atoms with Crippen LogP contribution in [0.1, 0.15) is 33.0 Å². The molecule has 5 rings (SSSR count). The van der Waals surface area contributed by atoms with Gasteiger partial charge in [0.2, 0.25) is 0 Å². The molecule has 2 aromatic heterocycles. The number of benzene rings is 2. The smallest absolute Gasteiger partial charge is 0.267 e. The highest BCUT2D eigenvalue weighted by Crippen LogP contribution is 2.20. The number of aromatic amines is 1. The van der Waals surface area contributed by atoms with Gasteiger partial charge in [-0.15, -0.1) is 5.10 Å². The Morgan fingerprint density at radius 1 is 0.900 bits per heavy atom. The number of nitrogens with one attached hydrogen (secondary N) is 1. The lowest BCUT2D eigenvalue weighted by Crippen LogP contribution is -2.45. The Morgan fingerprint density at radius 3 is 2.43 bits per heavy atom. The van der Waals surface area contributed by atoms with Crippen molar-refractivity contribution in [2.45, 2.75) is 13.3 Å². The van der Waals surface area contributed by atoms with E-state index in [4.69, 9.17) is 0 Å². The Morgan fingerprint density at radius 2 is 1.63 bits per heavy atom. The average molecular weight is 402 g/mol. The number of hydrogen-bond acceptors (Lipinski definition) is 6. The predicted molar refractivity (Wildman–Crippen MR) is 107 cm³/mol. The van der Waals surface area contributed by atoms with Crippen molar-refractivity contribution in [2.75, 3.05) is 13.1 Å². The lowest BCUT2D eigenvalue weighted by molar-refractivity contribution is 0.0181. The molecule has 1 aliphatic heterocycles. The second-order valence-electron chi connectivity index (χ2n) is 7.00. The third kappa shape index (κ3) is 2.98. The Balaban J connectivity index is 1.42. The number of carbonyl (C=O) groups is 2. The van der Waals surface area contributed by atoms with E-state index >= 15 is 0 Å². The summed E-state index contributed by atoms with van der Waals surface area (Å²) in [6, 6.07) is 14.5. The summed E-state index contributed by atoms with van der Waals surface area (Å²) in [5, 5.41) is 22.2. The average Bonchev–Trinajstić information content (AvgIpc) is 3.52. The van der Waals surface area contributed by atoms with Crippen LogP contribution in [-0.2, 0) is 0 Å². The number of hydrazine groups is 1. The van der Waals surface area contributed by atoms with Gasteiger partial charge in [0, 0.05) is 18.7 Å². The lowest BCUT2D eigenvalue weighted by Gasteiger charge is -2.27. The molecule has 1 saturated heterocycles. The number of para-hydroxylation sites is 1. The molecule has 150 valence electrons. The largest absolute Gasteiger partial charge is 0.294 e. The van der Waals surface area contributed by atoms with Crippen molar-refractivity contribution < 1.29 is 9.59 Å². The van der Waals surface area contributed by atoms with E-state index in [1.807, 2.05) is 30.3 Å². The Bertz CT molecular complexity index is 1250.